The second-order valence-corrected chi connectivity index (χ2v) is 8.72. The van der Waals surface area contributed by atoms with Crippen LogP contribution < -0.4 is 9.64 Å². The lowest BCUT2D eigenvalue weighted by molar-refractivity contribution is -0.137. The van der Waals surface area contributed by atoms with Crippen molar-refractivity contribution in [1.29, 1.82) is 5.26 Å². The van der Waals surface area contributed by atoms with E-state index < -0.39 is 17.6 Å². The summed E-state index contributed by atoms with van der Waals surface area (Å²) in [6.07, 6.45) is -3.65. The topological polar surface area (TPSA) is 68.9 Å². The fourth-order valence-corrected chi connectivity index (χ4v) is 4.27. The Kier molecular flexibility index (Phi) is 8.13. The zero-order chi connectivity index (χ0) is 27.3. The van der Waals surface area contributed by atoms with Gasteiger partial charge in [0.2, 0.25) is 0 Å². The normalized spacial score (nSPS) is 14.2. The average Bonchev–Trinajstić information content (AvgIpc) is 3.19. The molecule has 4 rings (SSSR count). The third-order valence-corrected chi connectivity index (χ3v) is 6.32. The number of anilines is 2. The second kappa shape index (κ2) is 11.5. The van der Waals surface area contributed by atoms with Gasteiger partial charge in [-0.1, -0.05) is 19.9 Å². The smallest absolute Gasteiger partial charge is 0.416 e. The van der Waals surface area contributed by atoms with Gasteiger partial charge in [0, 0.05) is 17.8 Å². The first-order valence-corrected chi connectivity index (χ1v) is 12.3. The molecule has 0 aliphatic carbocycles. The fraction of sp³-hybridized carbons (Fsp3) is 0.276. The maximum Gasteiger partial charge on any atom is 0.416 e. The number of benzene rings is 3. The van der Waals surface area contributed by atoms with Crippen molar-refractivity contribution in [3.8, 4) is 11.8 Å². The number of aliphatic imine (C=N–C) groups is 1. The highest BCUT2D eigenvalue weighted by Gasteiger charge is 2.36. The van der Waals surface area contributed by atoms with Crippen molar-refractivity contribution in [2.75, 3.05) is 31.1 Å². The van der Waals surface area contributed by atoms with Gasteiger partial charge in [0.05, 0.1) is 35.2 Å². The van der Waals surface area contributed by atoms with Crippen molar-refractivity contribution in [3.05, 3.63) is 83.4 Å². The SMILES string of the molecule is CCN(CC)CCCOc1ccc(N2C(=O)C(=Nc3cccc(C(F)(F)F)c3)c3ccc(C#N)cc32)cc1. The lowest BCUT2D eigenvalue weighted by Crippen LogP contribution is -2.25. The van der Waals surface area contributed by atoms with Gasteiger partial charge in [-0.2, -0.15) is 18.4 Å². The van der Waals surface area contributed by atoms with Crippen LogP contribution in [0.25, 0.3) is 0 Å². The zero-order valence-electron chi connectivity index (χ0n) is 21.1. The predicted molar refractivity (Wildman–Crippen MR) is 140 cm³/mol. The number of amides is 1. The average molecular weight is 521 g/mol. The van der Waals surface area contributed by atoms with Crippen molar-refractivity contribution in [2.45, 2.75) is 26.4 Å². The van der Waals surface area contributed by atoms with E-state index >= 15 is 0 Å². The van der Waals surface area contributed by atoms with Gasteiger partial charge in [-0.05, 0) is 80.2 Å². The number of hydrogen-bond donors (Lipinski definition) is 0. The quantitative estimate of drug-likeness (QED) is 0.303. The van der Waals surface area contributed by atoms with Crippen molar-refractivity contribution in [2.24, 2.45) is 4.99 Å². The second-order valence-electron chi connectivity index (χ2n) is 8.72. The van der Waals surface area contributed by atoms with Crippen LogP contribution in [0, 0.1) is 11.3 Å². The van der Waals surface area contributed by atoms with E-state index in [0.717, 1.165) is 38.2 Å². The fourth-order valence-electron chi connectivity index (χ4n) is 4.27. The largest absolute Gasteiger partial charge is 0.494 e. The third-order valence-electron chi connectivity index (χ3n) is 6.32. The first kappa shape index (κ1) is 26.9. The van der Waals surface area contributed by atoms with E-state index in [4.69, 9.17) is 4.74 Å². The lowest BCUT2D eigenvalue weighted by Gasteiger charge is -2.19. The maximum atomic E-state index is 13.5. The summed E-state index contributed by atoms with van der Waals surface area (Å²) in [4.78, 5) is 21.5. The van der Waals surface area contributed by atoms with Crippen LogP contribution in [0.15, 0.2) is 71.7 Å². The number of hydrogen-bond acceptors (Lipinski definition) is 5. The molecule has 0 fully saturated rings. The van der Waals surface area contributed by atoms with Crippen LogP contribution in [0.4, 0.5) is 30.2 Å². The van der Waals surface area contributed by atoms with Gasteiger partial charge in [-0.25, -0.2) is 4.99 Å². The molecule has 0 saturated heterocycles. The van der Waals surface area contributed by atoms with Gasteiger partial charge in [0.15, 0.2) is 0 Å². The first-order chi connectivity index (χ1) is 18.2. The lowest BCUT2D eigenvalue weighted by atomic mass is 10.1. The van der Waals surface area contributed by atoms with Crippen molar-refractivity contribution in [1.82, 2.24) is 4.90 Å². The van der Waals surface area contributed by atoms with E-state index in [0.29, 0.717) is 34.9 Å². The van der Waals surface area contributed by atoms with Crippen molar-refractivity contribution >= 4 is 28.7 Å². The summed E-state index contributed by atoms with van der Waals surface area (Å²) in [5.74, 6) is 0.157. The minimum absolute atomic E-state index is 0.000503. The van der Waals surface area contributed by atoms with Crippen LogP contribution in [0.1, 0.15) is 37.0 Å². The molecule has 1 amide bonds. The first-order valence-electron chi connectivity index (χ1n) is 12.3. The highest BCUT2D eigenvalue weighted by Crippen LogP contribution is 2.38. The van der Waals surface area contributed by atoms with Gasteiger partial charge in [0.25, 0.3) is 5.91 Å². The Morgan fingerprint density at radius 2 is 1.76 bits per heavy atom. The van der Waals surface area contributed by atoms with E-state index in [-0.39, 0.29) is 11.4 Å². The number of carbonyl (C=O) groups excluding carboxylic acids is 1. The van der Waals surface area contributed by atoms with Gasteiger partial charge < -0.3 is 9.64 Å². The van der Waals surface area contributed by atoms with E-state index in [2.05, 4.69) is 29.8 Å². The highest BCUT2D eigenvalue weighted by molar-refractivity contribution is 6.56. The van der Waals surface area contributed by atoms with Crippen molar-refractivity contribution in [3.63, 3.8) is 0 Å². The molecule has 0 N–H and O–H groups in total. The molecule has 0 saturated carbocycles. The molecular weight excluding hydrogens is 493 g/mol. The summed E-state index contributed by atoms with van der Waals surface area (Å²) >= 11 is 0. The molecule has 9 heteroatoms. The Morgan fingerprint density at radius 1 is 1.03 bits per heavy atom. The molecule has 3 aromatic rings. The molecule has 3 aromatic carbocycles. The molecule has 0 unspecified atom stereocenters. The van der Waals surface area contributed by atoms with Crippen molar-refractivity contribution < 1.29 is 22.7 Å². The van der Waals surface area contributed by atoms with Crippen LogP contribution in [0.5, 0.6) is 5.75 Å². The number of nitriles is 1. The monoisotopic (exact) mass is 520 g/mol. The van der Waals surface area contributed by atoms with Crippen LogP contribution in [-0.4, -0.2) is 42.8 Å². The Labute approximate surface area is 219 Å². The number of nitrogens with zero attached hydrogens (tertiary/aromatic N) is 4. The summed E-state index contributed by atoms with van der Waals surface area (Å²) in [6.45, 7) is 7.72. The minimum Gasteiger partial charge on any atom is -0.494 e. The summed E-state index contributed by atoms with van der Waals surface area (Å²) in [5, 5.41) is 9.39. The van der Waals surface area contributed by atoms with Crippen LogP contribution >= 0.6 is 0 Å². The Bertz CT molecular complexity index is 1370. The summed E-state index contributed by atoms with van der Waals surface area (Å²) in [5.41, 5.74) is 0.894. The summed E-state index contributed by atoms with van der Waals surface area (Å²) < 4.78 is 45.4. The number of halogens is 3. The molecule has 0 atom stereocenters. The summed E-state index contributed by atoms with van der Waals surface area (Å²) in [6, 6.07) is 18.3. The molecule has 1 aliphatic rings. The van der Waals surface area contributed by atoms with E-state index in [1.54, 1.807) is 42.5 Å². The number of rotatable bonds is 9. The van der Waals surface area contributed by atoms with Gasteiger partial charge in [-0.3, -0.25) is 9.69 Å². The highest BCUT2D eigenvalue weighted by atomic mass is 19.4. The minimum atomic E-state index is -4.53. The Morgan fingerprint density at radius 3 is 2.42 bits per heavy atom. The molecule has 1 heterocycles. The molecule has 38 heavy (non-hydrogen) atoms. The van der Waals surface area contributed by atoms with Crippen LogP contribution in [0.3, 0.4) is 0 Å². The number of ether oxygens (including phenoxy) is 1. The Hall–Kier alpha value is -4.16. The Balaban J connectivity index is 1.60. The van der Waals surface area contributed by atoms with Gasteiger partial charge >= 0.3 is 6.18 Å². The number of alkyl halides is 3. The van der Waals surface area contributed by atoms with Crippen LogP contribution in [0.2, 0.25) is 0 Å². The molecule has 0 aromatic heterocycles. The van der Waals surface area contributed by atoms with E-state index in [9.17, 15) is 23.2 Å². The van der Waals surface area contributed by atoms with Gasteiger partial charge in [-0.15, -0.1) is 0 Å². The molecule has 0 bridgehead atoms. The number of carbonyl (C=O) groups is 1. The molecular formula is C29H27F3N4O2. The molecule has 0 radical (unpaired) electrons. The predicted octanol–water partition coefficient (Wildman–Crippen LogP) is 6.49. The standard InChI is InChI=1S/C29H27F3N4O2/c1-3-35(4-2)15-6-16-38-24-12-10-23(11-13-24)36-26-17-20(19-33)9-14-25(26)27(28(36)37)34-22-8-5-7-21(18-22)29(30,31)32/h5,7-14,17-18H,3-4,6,15-16H2,1-2H3. The molecule has 0 spiro atoms. The van der Waals surface area contributed by atoms with E-state index in [1.807, 2.05) is 0 Å². The molecule has 196 valence electrons. The van der Waals surface area contributed by atoms with Crippen LogP contribution in [-0.2, 0) is 11.0 Å². The van der Waals surface area contributed by atoms with Gasteiger partial charge in [0.1, 0.15) is 11.5 Å². The third kappa shape index (κ3) is 5.87. The maximum absolute atomic E-state index is 13.5. The zero-order valence-corrected chi connectivity index (χ0v) is 21.1. The molecule has 1 aliphatic heterocycles. The molecule has 6 nitrogen and oxygen atoms in total. The van der Waals surface area contributed by atoms with E-state index in [1.165, 1.54) is 17.0 Å². The summed E-state index contributed by atoms with van der Waals surface area (Å²) in [7, 11) is 0. The number of fused-ring (bicyclic) bond motifs is 1.